The van der Waals surface area contributed by atoms with E-state index in [1.54, 1.807) is 4.52 Å². The minimum atomic E-state index is -0.0596. The van der Waals surface area contributed by atoms with Gasteiger partial charge >= 0.3 is 0 Å². The van der Waals surface area contributed by atoms with Crippen LogP contribution in [0.3, 0.4) is 0 Å². The molecule has 2 N–H and O–H groups in total. The Bertz CT molecular complexity index is 689. The van der Waals surface area contributed by atoms with Crippen LogP contribution in [0.25, 0.3) is 16.2 Å². The summed E-state index contributed by atoms with van der Waals surface area (Å²) in [4.78, 5) is 5.45. The summed E-state index contributed by atoms with van der Waals surface area (Å²) >= 11 is 1.52. The largest absolute Gasteiger partial charge is 0.494 e. The molecule has 7 heteroatoms. The Morgan fingerprint density at radius 3 is 2.62 bits per heavy atom. The van der Waals surface area contributed by atoms with Crippen molar-refractivity contribution in [1.29, 1.82) is 0 Å². The monoisotopic (exact) mass is 324 g/mol. The summed E-state index contributed by atoms with van der Waals surface area (Å²) in [5.74, 6) is 0.870. The minimum absolute atomic E-state index is 0. The zero-order chi connectivity index (χ0) is 14.1. The molecule has 1 atom stereocenters. The molecule has 3 rings (SSSR count). The molecular formula is C14H17ClN4OS. The number of nitrogens with zero attached hydrogens (tertiary/aromatic N) is 3. The summed E-state index contributed by atoms with van der Waals surface area (Å²) in [6, 6.07) is 7.85. The van der Waals surface area contributed by atoms with Gasteiger partial charge in [-0.3, -0.25) is 0 Å². The van der Waals surface area contributed by atoms with E-state index < -0.39 is 0 Å². The van der Waals surface area contributed by atoms with Crippen LogP contribution in [0.2, 0.25) is 0 Å². The molecule has 0 saturated heterocycles. The molecule has 2 aromatic heterocycles. The third-order valence-corrected chi connectivity index (χ3v) is 4.03. The van der Waals surface area contributed by atoms with Crippen molar-refractivity contribution in [3.63, 3.8) is 0 Å². The highest BCUT2D eigenvalue weighted by Crippen LogP contribution is 2.25. The van der Waals surface area contributed by atoms with E-state index in [4.69, 9.17) is 10.5 Å². The zero-order valence-electron chi connectivity index (χ0n) is 11.8. The molecule has 0 aliphatic heterocycles. The maximum atomic E-state index is 5.82. The second kappa shape index (κ2) is 6.43. The molecule has 2 heterocycles. The summed E-state index contributed by atoms with van der Waals surface area (Å²) in [5, 5.41) is 5.32. The van der Waals surface area contributed by atoms with Gasteiger partial charge in [-0.15, -0.1) is 12.4 Å². The summed E-state index contributed by atoms with van der Waals surface area (Å²) < 4.78 is 7.22. The van der Waals surface area contributed by atoms with Gasteiger partial charge < -0.3 is 10.5 Å². The number of benzene rings is 1. The van der Waals surface area contributed by atoms with Crippen molar-refractivity contribution in [2.45, 2.75) is 19.9 Å². The highest BCUT2D eigenvalue weighted by molar-refractivity contribution is 7.16. The molecule has 0 bridgehead atoms. The van der Waals surface area contributed by atoms with Crippen molar-refractivity contribution in [3.8, 4) is 17.0 Å². The van der Waals surface area contributed by atoms with Crippen molar-refractivity contribution >= 4 is 28.7 Å². The molecule has 0 aliphatic carbocycles. The van der Waals surface area contributed by atoms with Gasteiger partial charge in [-0.2, -0.15) is 5.10 Å². The Hall–Kier alpha value is -1.63. The Labute approximate surface area is 133 Å². The standard InChI is InChI=1S/C14H16N4OS.ClH/c1-3-19-11-6-4-10(5-7-11)12-8-18-14(16-12)20-13(17-18)9(2)15;/h4-9H,3,15H2,1-2H3;1H. The number of halogens is 1. The van der Waals surface area contributed by atoms with E-state index in [0.29, 0.717) is 6.61 Å². The number of hydrogen-bond donors (Lipinski definition) is 1. The number of imidazole rings is 1. The van der Waals surface area contributed by atoms with E-state index in [-0.39, 0.29) is 18.4 Å². The van der Waals surface area contributed by atoms with Gasteiger partial charge in [-0.05, 0) is 38.1 Å². The van der Waals surface area contributed by atoms with Crippen LogP contribution in [0.15, 0.2) is 30.5 Å². The quantitative estimate of drug-likeness (QED) is 0.799. The summed E-state index contributed by atoms with van der Waals surface area (Å²) in [6.07, 6.45) is 1.92. The summed E-state index contributed by atoms with van der Waals surface area (Å²) in [5.41, 5.74) is 7.78. The molecule has 0 radical (unpaired) electrons. The molecule has 5 nitrogen and oxygen atoms in total. The van der Waals surface area contributed by atoms with Gasteiger partial charge in [0.1, 0.15) is 10.8 Å². The van der Waals surface area contributed by atoms with Crippen LogP contribution >= 0.6 is 23.7 Å². The first-order chi connectivity index (χ1) is 9.67. The predicted molar refractivity (Wildman–Crippen MR) is 87.3 cm³/mol. The molecule has 0 fully saturated rings. The Morgan fingerprint density at radius 1 is 1.33 bits per heavy atom. The molecule has 3 aromatic rings. The molecule has 0 aliphatic rings. The average molecular weight is 325 g/mol. The molecule has 1 unspecified atom stereocenters. The Balaban J connectivity index is 0.00000161. The van der Waals surface area contributed by atoms with Crippen LogP contribution in [0, 0.1) is 0 Å². The number of aromatic nitrogens is 3. The maximum Gasteiger partial charge on any atom is 0.212 e. The van der Waals surface area contributed by atoms with Crippen molar-refractivity contribution in [1.82, 2.24) is 14.6 Å². The topological polar surface area (TPSA) is 65.4 Å². The fraction of sp³-hybridized carbons (Fsp3) is 0.286. The third kappa shape index (κ3) is 3.18. The Kier molecular flexibility index (Phi) is 4.82. The van der Waals surface area contributed by atoms with E-state index in [0.717, 1.165) is 27.0 Å². The molecule has 1 aromatic carbocycles. The van der Waals surface area contributed by atoms with E-state index in [9.17, 15) is 0 Å². The van der Waals surface area contributed by atoms with Gasteiger partial charge in [0.2, 0.25) is 4.96 Å². The van der Waals surface area contributed by atoms with Crippen molar-refractivity contribution < 1.29 is 4.74 Å². The predicted octanol–water partition coefficient (Wildman–Crippen LogP) is 3.30. The van der Waals surface area contributed by atoms with Crippen LogP contribution in [0.5, 0.6) is 5.75 Å². The highest BCUT2D eigenvalue weighted by atomic mass is 35.5. The van der Waals surface area contributed by atoms with Crippen molar-refractivity contribution in [2.24, 2.45) is 5.73 Å². The van der Waals surface area contributed by atoms with E-state index in [1.807, 2.05) is 44.3 Å². The van der Waals surface area contributed by atoms with Gasteiger partial charge in [0.25, 0.3) is 0 Å². The smallest absolute Gasteiger partial charge is 0.212 e. The number of rotatable bonds is 4. The lowest BCUT2D eigenvalue weighted by Gasteiger charge is -2.02. The lowest BCUT2D eigenvalue weighted by molar-refractivity contribution is 0.340. The lowest BCUT2D eigenvalue weighted by Crippen LogP contribution is -2.04. The van der Waals surface area contributed by atoms with Crippen LogP contribution < -0.4 is 10.5 Å². The molecule has 0 amide bonds. The van der Waals surface area contributed by atoms with Crippen molar-refractivity contribution in [2.75, 3.05) is 6.61 Å². The SMILES string of the molecule is CCOc1ccc(-c2cn3nc(C(C)N)sc3n2)cc1.Cl. The van der Waals surface area contributed by atoms with Gasteiger partial charge in [0, 0.05) is 5.56 Å². The van der Waals surface area contributed by atoms with Crippen LogP contribution in [-0.4, -0.2) is 21.2 Å². The molecule has 21 heavy (non-hydrogen) atoms. The fourth-order valence-electron chi connectivity index (χ4n) is 1.93. The molecule has 0 saturated carbocycles. The highest BCUT2D eigenvalue weighted by Gasteiger charge is 2.11. The summed E-state index contributed by atoms with van der Waals surface area (Å²) in [7, 11) is 0. The zero-order valence-corrected chi connectivity index (χ0v) is 13.4. The lowest BCUT2D eigenvalue weighted by atomic mass is 10.2. The van der Waals surface area contributed by atoms with Crippen LogP contribution in [0.4, 0.5) is 0 Å². The van der Waals surface area contributed by atoms with Gasteiger partial charge in [0.05, 0.1) is 24.5 Å². The fourth-order valence-corrected chi connectivity index (χ4v) is 2.76. The minimum Gasteiger partial charge on any atom is -0.494 e. The van der Waals surface area contributed by atoms with E-state index >= 15 is 0 Å². The van der Waals surface area contributed by atoms with Gasteiger partial charge in [-0.25, -0.2) is 9.50 Å². The van der Waals surface area contributed by atoms with Crippen LogP contribution in [-0.2, 0) is 0 Å². The number of hydrogen-bond acceptors (Lipinski definition) is 5. The first-order valence-electron chi connectivity index (χ1n) is 6.52. The first kappa shape index (κ1) is 15.8. The number of nitrogens with two attached hydrogens (primary N) is 1. The van der Waals surface area contributed by atoms with Gasteiger partial charge in [-0.1, -0.05) is 11.3 Å². The normalized spacial score (nSPS) is 12.1. The molecule has 112 valence electrons. The maximum absolute atomic E-state index is 5.82. The van der Waals surface area contributed by atoms with E-state index in [1.165, 1.54) is 11.3 Å². The third-order valence-electron chi connectivity index (χ3n) is 2.91. The average Bonchev–Trinajstić information content (AvgIpc) is 2.98. The second-order valence-electron chi connectivity index (χ2n) is 4.54. The van der Waals surface area contributed by atoms with Gasteiger partial charge in [0.15, 0.2) is 0 Å². The Morgan fingerprint density at radius 2 is 2.05 bits per heavy atom. The van der Waals surface area contributed by atoms with Crippen LogP contribution in [0.1, 0.15) is 24.9 Å². The molecule has 0 spiro atoms. The number of fused-ring (bicyclic) bond motifs is 1. The molecular weight excluding hydrogens is 308 g/mol. The van der Waals surface area contributed by atoms with E-state index in [2.05, 4.69) is 10.1 Å². The summed E-state index contributed by atoms with van der Waals surface area (Å²) in [6.45, 7) is 4.56. The first-order valence-corrected chi connectivity index (χ1v) is 7.34. The second-order valence-corrected chi connectivity index (χ2v) is 5.53. The van der Waals surface area contributed by atoms with Crippen molar-refractivity contribution in [3.05, 3.63) is 35.5 Å². The number of ether oxygens (including phenoxy) is 1.